The van der Waals surface area contributed by atoms with E-state index in [0.717, 1.165) is 22.0 Å². The van der Waals surface area contributed by atoms with Gasteiger partial charge in [0.05, 0.1) is 17.9 Å². The molecule has 26 heavy (non-hydrogen) atoms. The monoisotopic (exact) mass is 370 g/mol. The van der Waals surface area contributed by atoms with Gasteiger partial charge in [0.2, 0.25) is 5.91 Å². The summed E-state index contributed by atoms with van der Waals surface area (Å²) in [6.45, 7) is 0.356. The number of rotatable bonds is 8. The third-order valence-corrected chi connectivity index (χ3v) is 5.89. The van der Waals surface area contributed by atoms with E-state index in [0.29, 0.717) is 13.0 Å². The first-order chi connectivity index (χ1) is 12.5. The molecule has 0 fully saturated rings. The zero-order valence-corrected chi connectivity index (χ0v) is 15.3. The fraction of sp³-hybridized carbons (Fsp3) is 0.250. The molecule has 2 N–H and O–H groups in total. The van der Waals surface area contributed by atoms with Gasteiger partial charge in [0.15, 0.2) is 9.84 Å². The maximum atomic E-state index is 12.1. The molecule has 3 rings (SSSR count). The molecule has 6 heteroatoms. The molecule has 0 aliphatic heterocycles. The van der Waals surface area contributed by atoms with E-state index < -0.39 is 9.84 Å². The van der Waals surface area contributed by atoms with Crippen molar-refractivity contribution in [2.24, 2.45) is 0 Å². The van der Waals surface area contributed by atoms with Crippen LogP contribution in [0.15, 0.2) is 60.8 Å². The summed E-state index contributed by atoms with van der Waals surface area (Å²) in [4.78, 5) is 15.2. The van der Waals surface area contributed by atoms with Gasteiger partial charge in [-0.15, -0.1) is 0 Å². The lowest BCUT2D eigenvalue weighted by atomic mass is 10.1. The Morgan fingerprint density at radius 3 is 2.54 bits per heavy atom. The van der Waals surface area contributed by atoms with Gasteiger partial charge in [0.25, 0.3) is 0 Å². The summed E-state index contributed by atoms with van der Waals surface area (Å²) in [5.74, 6) is 0.00190. The smallest absolute Gasteiger partial charge is 0.224 e. The number of H-pyrrole nitrogens is 1. The highest BCUT2D eigenvalue weighted by Gasteiger charge is 2.12. The predicted molar refractivity (Wildman–Crippen MR) is 104 cm³/mol. The molecule has 1 heterocycles. The van der Waals surface area contributed by atoms with E-state index in [1.54, 1.807) is 12.1 Å². The van der Waals surface area contributed by atoms with Crippen LogP contribution < -0.4 is 5.32 Å². The molecule has 3 aromatic rings. The van der Waals surface area contributed by atoms with Crippen LogP contribution in [0, 0.1) is 0 Å². The molecule has 5 nitrogen and oxygen atoms in total. The van der Waals surface area contributed by atoms with E-state index in [1.807, 2.05) is 48.7 Å². The van der Waals surface area contributed by atoms with Crippen LogP contribution in [0.3, 0.4) is 0 Å². The van der Waals surface area contributed by atoms with E-state index in [4.69, 9.17) is 0 Å². The maximum Gasteiger partial charge on any atom is 0.224 e. The van der Waals surface area contributed by atoms with Crippen molar-refractivity contribution in [2.45, 2.75) is 18.6 Å². The average molecular weight is 370 g/mol. The summed E-state index contributed by atoms with van der Waals surface area (Å²) in [6, 6.07) is 17.0. The minimum Gasteiger partial charge on any atom is -0.361 e. The van der Waals surface area contributed by atoms with Gasteiger partial charge in [-0.3, -0.25) is 4.79 Å². The van der Waals surface area contributed by atoms with Crippen LogP contribution in [0.25, 0.3) is 10.9 Å². The molecule has 1 amide bonds. The summed E-state index contributed by atoms with van der Waals surface area (Å²) in [7, 11) is -3.17. The second-order valence-corrected chi connectivity index (χ2v) is 8.50. The number of fused-ring (bicyclic) bond motifs is 1. The number of sulfone groups is 1. The van der Waals surface area contributed by atoms with Crippen LogP contribution in [0.4, 0.5) is 0 Å². The largest absolute Gasteiger partial charge is 0.361 e. The molecule has 0 saturated heterocycles. The summed E-state index contributed by atoms with van der Waals surface area (Å²) >= 11 is 0. The van der Waals surface area contributed by atoms with Gasteiger partial charge in [-0.1, -0.05) is 48.5 Å². The number of aromatic nitrogens is 1. The summed E-state index contributed by atoms with van der Waals surface area (Å²) in [5.41, 5.74) is 2.73. The normalized spacial score (nSPS) is 11.5. The molecule has 0 bridgehead atoms. The van der Waals surface area contributed by atoms with Crippen LogP contribution >= 0.6 is 0 Å². The number of hydrogen-bond donors (Lipinski definition) is 2. The van der Waals surface area contributed by atoms with Gasteiger partial charge < -0.3 is 10.3 Å². The van der Waals surface area contributed by atoms with Crippen molar-refractivity contribution in [2.75, 3.05) is 12.3 Å². The highest BCUT2D eigenvalue weighted by Crippen LogP contribution is 2.17. The fourth-order valence-corrected chi connectivity index (χ4v) is 4.36. The lowest BCUT2D eigenvalue weighted by molar-refractivity contribution is -0.120. The first kappa shape index (κ1) is 18.2. The highest BCUT2D eigenvalue weighted by atomic mass is 32.2. The van der Waals surface area contributed by atoms with Crippen LogP contribution in [0.2, 0.25) is 0 Å². The second kappa shape index (κ2) is 8.19. The third kappa shape index (κ3) is 4.95. The Kier molecular flexibility index (Phi) is 5.73. The van der Waals surface area contributed by atoms with Gasteiger partial charge in [0, 0.05) is 23.6 Å². The molecular formula is C20H22N2O3S. The Labute approximate surface area is 153 Å². The summed E-state index contributed by atoms with van der Waals surface area (Å²) < 4.78 is 24.3. The van der Waals surface area contributed by atoms with Gasteiger partial charge >= 0.3 is 0 Å². The zero-order valence-electron chi connectivity index (χ0n) is 14.4. The van der Waals surface area contributed by atoms with E-state index in [1.165, 1.54) is 0 Å². The minimum absolute atomic E-state index is 0.0388. The number of para-hydroxylation sites is 1. The van der Waals surface area contributed by atoms with E-state index in [2.05, 4.69) is 10.3 Å². The van der Waals surface area contributed by atoms with Crippen LogP contribution in [0.5, 0.6) is 0 Å². The summed E-state index contributed by atoms with van der Waals surface area (Å²) in [5, 5.41) is 3.84. The standard InChI is InChI=1S/C20H22N2O3S/c23-20(13-17-14-22-19-10-5-4-9-18(17)19)21-11-6-12-26(24,25)15-16-7-2-1-3-8-16/h1-5,7-10,14,22H,6,11-13,15H2,(H,21,23). The van der Waals surface area contributed by atoms with Crippen molar-refractivity contribution in [3.8, 4) is 0 Å². The maximum absolute atomic E-state index is 12.1. The SMILES string of the molecule is O=C(Cc1c[nH]c2ccccc12)NCCCS(=O)(=O)Cc1ccccc1. The molecule has 0 radical (unpaired) electrons. The number of carbonyl (C=O) groups is 1. The molecule has 1 aromatic heterocycles. The Morgan fingerprint density at radius 2 is 1.73 bits per heavy atom. The van der Waals surface area contributed by atoms with Crippen molar-refractivity contribution in [1.29, 1.82) is 0 Å². The first-order valence-corrected chi connectivity index (χ1v) is 10.4. The molecule has 0 saturated carbocycles. The zero-order chi connectivity index (χ0) is 18.4. The minimum atomic E-state index is -3.17. The average Bonchev–Trinajstić information content (AvgIpc) is 3.02. The molecular weight excluding hydrogens is 348 g/mol. The fourth-order valence-electron chi connectivity index (χ4n) is 2.93. The molecule has 136 valence electrons. The van der Waals surface area contributed by atoms with E-state index >= 15 is 0 Å². The highest BCUT2D eigenvalue weighted by molar-refractivity contribution is 7.90. The Balaban J connectivity index is 1.44. The van der Waals surface area contributed by atoms with Gasteiger partial charge in [-0.05, 0) is 23.6 Å². The van der Waals surface area contributed by atoms with Gasteiger partial charge in [-0.25, -0.2) is 8.42 Å². The second-order valence-electron chi connectivity index (χ2n) is 6.32. The number of hydrogen-bond acceptors (Lipinski definition) is 3. The molecule has 0 aliphatic carbocycles. The number of carbonyl (C=O) groups excluding carboxylic acids is 1. The van der Waals surface area contributed by atoms with Crippen LogP contribution in [0.1, 0.15) is 17.5 Å². The first-order valence-electron chi connectivity index (χ1n) is 8.59. The lowest BCUT2D eigenvalue weighted by Crippen LogP contribution is -2.27. The third-order valence-electron chi connectivity index (χ3n) is 4.21. The molecule has 2 aromatic carbocycles. The Hall–Kier alpha value is -2.60. The van der Waals surface area contributed by atoms with E-state index in [-0.39, 0.29) is 23.8 Å². The predicted octanol–water partition coefficient (Wildman–Crippen LogP) is 2.83. The van der Waals surface area contributed by atoms with Crippen molar-refractivity contribution in [3.63, 3.8) is 0 Å². The molecule has 0 unspecified atom stereocenters. The Bertz CT molecular complexity index is 978. The van der Waals surface area contributed by atoms with E-state index in [9.17, 15) is 13.2 Å². The molecule has 0 aliphatic rings. The van der Waals surface area contributed by atoms with Gasteiger partial charge in [0.1, 0.15) is 0 Å². The van der Waals surface area contributed by atoms with Crippen molar-refractivity contribution in [1.82, 2.24) is 10.3 Å². The number of aromatic amines is 1. The summed E-state index contributed by atoms with van der Waals surface area (Å²) in [6.07, 6.45) is 2.53. The van der Waals surface area contributed by atoms with Gasteiger partial charge in [-0.2, -0.15) is 0 Å². The molecule has 0 spiro atoms. The quantitative estimate of drug-likeness (QED) is 0.599. The molecule has 0 atom stereocenters. The van der Waals surface area contributed by atoms with Crippen molar-refractivity contribution < 1.29 is 13.2 Å². The lowest BCUT2D eigenvalue weighted by Gasteiger charge is -2.06. The van der Waals surface area contributed by atoms with Crippen molar-refractivity contribution in [3.05, 3.63) is 71.9 Å². The number of benzene rings is 2. The van der Waals surface area contributed by atoms with Crippen LogP contribution in [-0.2, 0) is 26.8 Å². The number of amides is 1. The Morgan fingerprint density at radius 1 is 1.00 bits per heavy atom. The van der Waals surface area contributed by atoms with Crippen molar-refractivity contribution >= 4 is 26.6 Å². The topological polar surface area (TPSA) is 79.0 Å². The number of nitrogens with one attached hydrogen (secondary N) is 2. The van der Waals surface area contributed by atoms with Crippen LogP contribution in [-0.4, -0.2) is 31.6 Å².